The van der Waals surface area contributed by atoms with E-state index in [2.05, 4.69) is 5.32 Å². The summed E-state index contributed by atoms with van der Waals surface area (Å²) in [6.07, 6.45) is -0.905. The third kappa shape index (κ3) is 4.08. The second-order valence-corrected chi connectivity index (χ2v) is 3.52. The molecular formula is C11H10F3NO3. The monoisotopic (exact) mass is 261 g/mol. The molecule has 0 fully saturated rings. The van der Waals surface area contributed by atoms with E-state index in [1.54, 1.807) is 0 Å². The summed E-state index contributed by atoms with van der Waals surface area (Å²) in [4.78, 5) is 21.4. The van der Waals surface area contributed by atoms with Crippen molar-refractivity contribution < 1.29 is 27.9 Å². The summed E-state index contributed by atoms with van der Waals surface area (Å²) < 4.78 is 38.9. The van der Waals surface area contributed by atoms with Gasteiger partial charge in [0.15, 0.2) is 0 Å². The van der Waals surface area contributed by atoms with E-state index in [9.17, 15) is 22.8 Å². The summed E-state index contributed by atoms with van der Waals surface area (Å²) in [6.45, 7) is -0.140. The molecule has 0 aliphatic heterocycles. The SMILES string of the molecule is O=C(O)CCNC(=O)Cc1c(F)cc(F)cc1F. The molecule has 0 unspecified atom stereocenters. The zero-order chi connectivity index (χ0) is 13.7. The van der Waals surface area contributed by atoms with Crippen LogP contribution < -0.4 is 5.32 Å². The molecule has 0 saturated carbocycles. The lowest BCUT2D eigenvalue weighted by molar-refractivity contribution is -0.136. The molecule has 0 spiro atoms. The highest BCUT2D eigenvalue weighted by atomic mass is 19.1. The lowest BCUT2D eigenvalue weighted by atomic mass is 10.1. The van der Waals surface area contributed by atoms with Gasteiger partial charge >= 0.3 is 5.97 Å². The molecule has 1 amide bonds. The summed E-state index contributed by atoms with van der Waals surface area (Å²) >= 11 is 0. The molecule has 2 N–H and O–H groups in total. The number of nitrogens with one attached hydrogen (secondary N) is 1. The average Bonchev–Trinajstić information content (AvgIpc) is 2.22. The van der Waals surface area contributed by atoms with E-state index in [1.807, 2.05) is 0 Å². The zero-order valence-electron chi connectivity index (χ0n) is 9.17. The quantitative estimate of drug-likeness (QED) is 0.838. The van der Waals surface area contributed by atoms with Crippen molar-refractivity contribution in [3.8, 4) is 0 Å². The molecule has 0 heterocycles. The Kier molecular flexibility index (Phi) is 4.70. The number of aliphatic carboxylic acids is 1. The lowest BCUT2D eigenvalue weighted by Crippen LogP contribution is -2.28. The topological polar surface area (TPSA) is 66.4 Å². The van der Waals surface area contributed by atoms with Crippen LogP contribution in [0.25, 0.3) is 0 Å². The Morgan fingerprint density at radius 3 is 2.22 bits per heavy atom. The van der Waals surface area contributed by atoms with Crippen LogP contribution in [0.5, 0.6) is 0 Å². The van der Waals surface area contributed by atoms with Crippen molar-refractivity contribution in [3.63, 3.8) is 0 Å². The van der Waals surface area contributed by atoms with Crippen LogP contribution in [0.3, 0.4) is 0 Å². The standard InChI is InChI=1S/C11H10F3NO3/c12-6-3-8(13)7(9(14)4-6)5-10(16)15-2-1-11(17)18/h3-4H,1-2,5H2,(H,15,16)(H,17,18). The van der Waals surface area contributed by atoms with Gasteiger partial charge in [0.05, 0.1) is 12.8 Å². The highest BCUT2D eigenvalue weighted by Crippen LogP contribution is 2.15. The van der Waals surface area contributed by atoms with Crippen LogP contribution in [0.4, 0.5) is 13.2 Å². The summed E-state index contributed by atoms with van der Waals surface area (Å²) in [5.74, 6) is -5.21. The van der Waals surface area contributed by atoms with E-state index in [0.717, 1.165) is 0 Å². The molecule has 0 aliphatic rings. The molecule has 0 radical (unpaired) electrons. The third-order valence-corrected chi connectivity index (χ3v) is 2.10. The van der Waals surface area contributed by atoms with Crippen molar-refractivity contribution in [2.45, 2.75) is 12.8 Å². The minimum Gasteiger partial charge on any atom is -0.481 e. The Hall–Kier alpha value is -2.05. The van der Waals surface area contributed by atoms with Gasteiger partial charge in [0.25, 0.3) is 0 Å². The fourth-order valence-corrected chi connectivity index (χ4v) is 1.27. The van der Waals surface area contributed by atoms with Gasteiger partial charge in [-0.1, -0.05) is 0 Å². The molecule has 7 heteroatoms. The Morgan fingerprint density at radius 1 is 1.17 bits per heavy atom. The van der Waals surface area contributed by atoms with Crippen molar-refractivity contribution in [3.05, 3.63) is 35.1 Å². The van der Waals surface area contributed by atoms with Crippen LogP contribution in [0, 0.1) is 17.5 Å². The van der Waals surface area contributed by atoms with Crippen molar-refractivity contribution in [1.82, 2.24) is 5.32 Å². The number of carbonyl (C=O) groups is 2. The van der Waals surface area contributed by atoms with Gasteiger partial charge in [0.1, 0.15) is 17.5 Å². The van der Waals surface area contributed by atoms with Gasteiger partial charge in [0.2, 0.25) is 5.91 Å². The van der Waals surface area contributed by atoms with Crippen LogP contribution in [0.1, 0.15) is 12.0 Å². The number of hydrogen-bond donors (Lipinski definition) is 2. The molecule has 0 saturated heterocycles. The number of hydrogen-bond acceptors (Lipinski definition) is 2. The smallest absolute Gasteiger partial charge is 0.305 e. The maximum Gasteiger partial charge on any atom is 0.305 e. The molecule has 18 heavy (non-hydrogen) atoms. The van der Waals surface area contributed by atoms with Crippen molar-refractivity contribution in [2.24, 2.45) is 0 Å². The number of benzene rings is 1. The van der Waals surface area contributed by atoms with Crippen molar-refractivity contribution >= 4 is 11.9 Å². The molecule has 1 aromatic rings. The minimum absolute atomic E-state index is 0.140. The van der Waals surface area contributed by atoms with Gasteiger partial charge < -0.3 is 10.4 Å². The van der Waals surface area contributed by atoms with Crippen LogP contribution in [-0.4, -0.2) is 23.5 Å². The van der Waals surface area contributed by atoms with Crippen molar-refractivity contribution in [1.29, 1.82) is 0 Å². The molecule has 98 valence electrons. The Labute approximate surface area is 100 Å². The predicted molar refractivity (Wildman–Crippen MR) is 55.3 cm³/mol. The van der Waals surface area contributed by atoms with Crippen LogP contribution >= 0.6 is 0 Å². The summed E-state index contributed by atoms with van der Waals surface area (Å²) in [5.41, 5.74) is -0.552. The van der Waals surface area contributed by atoms with Gasteiger partial charge in [-0.2, -0.15) is 0 Å². The first-order valence-corrected chi connectivity index (χ1v) is 5.02. The predicted octanol–water partition coefficient (Wildman–Crippen LogP) is 1.24. The highest BCUT2D eigenvalue weighted by Gasteiger charge is 2.15. The molecule has 0 aromatic heterocycles. The second kappa shape index (κ2) is 6.04. The number of amides is 1. The van der Waals surface area contributed by atoms with E-state index < -0.39 is 41.3 Å². The summed E-state index contributed by atoms with van der Waals surface area (Å²) in [5, 5.41) is 10.5. The van der Waals surface area contributed by atoms with E-state index in [1.165, 1.54) is 0 Å². The molecular weight excluding hydrogens is 251 g/mol. The van der Waals surface area contributed by atoms with Gasteiger partial charge in [0, 0.05) is 24.2 Å². The van der Waals surface area contributed by atoms with E-state index >= 15 is 0 Å². The van der Waals surface area contributed by atoms with E-state index in [4.69, 9.17) is 5.11 Å². The van der Waals surface area contributed by atoms with E-state index in [0.29, 0.717) is 12.1 Å². The molecule has 1 rings (SSSR count). The van der Waals surface area contributed by atoms with Gasteiger partial charge in [-0.3, -0.25) is 9.59 Å². The normalized spacial score (nSPS) is 10.2. The maximum absolute atomic E-state index is 13.2. The lowest BCUT2D eigenvalue weighted by Gasteiger charge is -2.06. The molecule has 0 bridgehead atoms. The van der Waals surface area contributed by atoms with Crippen LogP contribution in [-0.2, 0) is 16.0 Å². The van der Waals surface area contributed by atoms with Gasteiger partial charge in [-0.15, -0.1) is 0 Å². The zero-order valence-corrected chi connectivity index (χ0v) is 9.17. The first-order valence-electron chi connectivity index (χ1n) is 5.02. The molecule has 0 aliphatic carbocycles. The highest BCUT2D eigenvalue weighted by molar-refractivity contribution is 5.79. The van der Waals surface area contributed by atoms with Gasteiger partial charge in [-0.25, -0.2) is 13.2 Å². The van der Waals surface area contributed by atoms with Crippen LogP contribution in [0.2, 0.25) is 0 Å². The average molecular weight is 261 g/mol. The number of carboxylic acid groups (broad SMARTS) is 1. The maximum atomic E-state index is 13.2. The fourth-order valence-electron chi connectivity index (χ4n) is 1.27. The number of carbonyl (C=O) groups excluding carboxylic acids is 1. The Morgan fingerprint density at radius 2 is 1.72 bits per heavy atom. The van der Waals surface area contributed by atoms with E-state index in [-0.39, 0.29) is 13.0 Å². The number of rotatable bonds is 5. The number of halogens is 3. The summed E-state index contributed by atoms with van der Waals surface area (Å²) in [6, 6.07) is 0.950. The van der Waals surface area contributed by atoms with Gasteiger partial charge in [-0.05, 0) is 0 Å². The Bertz CT molecular complexity index is 454. The third-order valence-electron chi connectivity index (χ3n) is 2.10. The minimum atomic E-state index is -1.15. The first kappa shape index (κ1) is 14.0. The fraction of sp³-hybridized carbons (Fsp3) is 0.273. The first-order chi connectivity index (χ1) is 8.40. The Balaban J connectivity index is 2.62. The molecule has 0 atom stereocenters. The number of carboxylic acids is 1. The molecule has 4 nitrogen and oxygen atoms in total. The second-order valence-electron chi connectivity index (χ2n) is 3.52. The summed E-state index contributed by atoms with van der Waals surface area (Å²) in [7, 11) is 0. The largest absolute Gasteiger partial charge is 0.481 e. The molecule has 1 aromatic carbocycles. The van der Waals surface area contributed by atoms with Crippen molar-refractivity contribution in [2.75, 3.05) is 6.54 Å². The van der Waals surface area contributed by atoms with Crippen LogP contribution in [0.15, 0.2) is 12.1 Å².